The summed E-state index contributed by atoms with van der Waals surface area (Å²) < 4.78 is 30.5. The number of fused-ring (bicyclic) bond motifs is 1. The molecule has 3 heterocycles. The van der Waals surface area contributed by atoms with Gasteiger partial charge in [0.2, 0.25) is 9.84 Å². The summed E-state index contributed by atoms with van der Waals surface area (Å²) in [7, 11) is -3.54. The van der Waals surface area contributed by atoms with Gasteiger partial charge in [-0.2, -0.15) is 0 Å². The number of nitrogens with one attached hydrogen (secondary N) is 1. The molecule has 0 unspecified atom stereocenters. The van der Waals surface area contributed by atoms with Gasteiger partial charge in [-0.15, -0.1) is 0 Å². The number of hydrogen-bond acceptors (Lipinski definition) is 4. The van der Waals surface area contributed by atoms with Crippen LogP contribution in [-0.4, -0.2) is 30.0 Å². The van der Waals surface area contributed by atoms with E-state index >= 15 is 0 Å². The lowest BCUT2D eigenvalue weighted by Gasteiger charge is -2.25. The van der Waals surface area contributed by atoms with Gasteiger partial charge in [0.05, 0.1) is 16.3 Å². The number of rotatable bonds is 4. The van der Waals surface area contributed by atoms with Crippen LogP contribution >= 0.6 is 16.1 Å². The van der Waals surface area contributed by atoms with Crippen molar-refractivity contribution in [3.05, 3.63) is 54.0 Å². The van der Waals surface area contributed by atoms with Gasteiger partial charge in [0.15, 0.2) is 0 Å². The fourth-order valence-corrected chi connectivity index (χ4v) is 5.60. The zero-order valence-corrected chi connectivity index (χ0v) is 16.8. The normalized spacial score (nSPS) is 18.1. The largest absolute Gasteiger partial charge is 0.348 e. The van der Waals surface area contributed by atoms with Crippen LogP contribution in [0.4, 0.5) is 0 Å². The summed E-state index contributed by atoms with van der Waals surface area (Å²) in [4.78, 5) is 0.751. The third-order valence-corrected chi connectivity index (χ3v) is 7.44. The summed E-state index contributed by atoms with van der Waals surface area (Å²) in [6, 6.07) is 8.69. The highest BCUT2D eigenvalue weighted by Gasteiger charge is 2.28. The van der Waals surface area contributed by atoms with Crippen molar-refractivity contribution in [3.8, 4) is 0 Å². The molecule has 1 N–H and O–H groups in total. The minimum atomic E-state index is -3.54. The Morgan fingerprint density at radius 1 is 1.15 bits per heavy atom. The molecule has 2 aromatic rings. The second-order valence-electron chi connectivity index (χ2n) is 6.89. The van der Waals surface area contributed by atoms with E-state index in [0.717, 1.165) is 43.7 Å². The number of benzene rings is 1. The molecule has 1 aromatic carbocycles. The van der Waals surface area contributed by atoms with Gasteiger partial charge in [0, 0.05) is 46.3 Å². The van der Waals surface area contributed by atoms with Gasteiger partial charge >= 0.3 is 0 Å². The van der Waals surface area contributed by atoms with E-state index in [1.807, 2.05) is 28.5 Å². The molecule has 2 aliphatic rings. The summed E-state index contributed by atoms with van der Waals surface area (Å²) in [6.07, 6.45) is 7.86. The monoisotopic (exact) mass is 435 g/mol. The third kappa shape index (κ3) is 3.35. The Balaban J connectivity index is 1.76. The van der Waals surface area contributed by atoms with Gasteiger partial charge in [-0.05, 0) is 50.1 Å². The Kier molecular flexibility index (Phi) is 4.94. The van der Waals surface area contributed by atoms with Crippen molar-refractivity contribution >= 4 is 32.1 Å². The maximum atomic E-state index is 13.2. The Labute approximate surface area is 163 Å². The van der Waals surface area contributed by atoms with Gasteiger partial charge in [-0.25, -0.2) is 8.42 Å². The van der Waals surface area contributed by atoms with Gasteiger partial charge in [0.1, 0.15) is 0 Å². The first-order chi connectivity index (χ1) is 12.6. The summed E-state index contributed by atoms with van der Waals surface area (Å²) in [5.74, 6) is 0.578. The number of piperidine rings is 1. The van der Waals surface area contributed by atoms with Crippen molar-refractivity contribution in [2.24, 2.45) is 5.92 Å². The molecule has 0 radical (unpaired) electrons. The van der Waals surface area contributed by atoms with E-state index in [1.54, 1.807) is 24.3 Å². The van der Waals surface area contributed by atoms with Crippen LogP contribution in [0, 0.1) is 5.92 Å². The average Bonchev–Trinajstić information content (AvgIpc) is 3.02. The van der Waals surface area contributed by atoms with E-state index in [2.05, 4.69) is 26.0 Å². The van der Waals surface area contributed by atoms with E-state index in [4.69, 9.17) is 0 Å². The smallest absolute Gasteiger partial charge is 0.208 e. The molecule has 0 spiro atoms. The lowest BCUT2D eigenvalue weighted by Crippen LogP contribution is -2.30. The van der Waals surface area contributed by atoms with Crippen LogP contribution < -0.4 is 5.32 Å². The molecule has 7 heteroatoms. The summed E-state index contributed by atoms with van der Waals surface area (Å²) >= 11 is 3.50. The van der Waals surface area contributed by atoms with Gasteiger partial charge in [-0.3, -0.25) is 0 Å². The first-order valence-electron chi connectivity index (χ1n) is 8.89. The van der Waals surface area contributed by atoms with Crippen LogP contribution in [0.15, 0.2) is 52.5 Å². The minimum absolute atomic E-state index is 0.344. The predicted octanol–water partition coefficient (Wildman–Crippen LogP) is 3.42. The summed E-state index contributed by atoms with van der Waals surface area (Å²) in [5, 5.41) is 3.39. The van der Waals surface area contributed by atoms with Crippen molar-refractivity contribution in [2.45, 2.75) is 35.7 Å². The number of nitrogens with zero attached hydrogens (tertiary/aromatic N) is 2. The summed E-state index contributed by atoms with van der Waals surface area (Å²) in [5.41, 5.74) is 1.87. The molecule has 2 aliphatic heterocycles. The average molecular weight is 436 g/mol. The lowest BCUT2D eigenvalue weighted by molar-refractivity contribution is 0.328. The van der Waals surface area contributed by atoms with Gasteiger partial charge in [-0.1, -0.05) is 18.2 Å². The molecule has 0 atom stereocenters. The van der Waals surface area contributed by atoms with Crippen LogP contribution in [-0.2, 0) is 22.9 Å². The minimum Gasteiger partial charge on any atom is -0.348 e. The maximum Gasteiger partial charge on any atom is 0.208 e. The zero-order valence-electron chi connectivity index (χ0n) is 14.4. The fourth-order valence-electron chi connectivity index (χ4n) is 3.74. The Morgan fingerprint density at radius 3 is 2.62 bits per heavy atom. The molecule has 4 rings (SSSR count). The number of halogens is 1. The molecule has 0 amide bonds. The quantitative estimate of drug-likeness (QED) is 0.747. The number of hydrogen-bond donors (Lipinski definition) is 1. The van der Waals surface area contributed by atoms with Crippen LogP contribution in [0.3, 0.4) is 0 Å². The first-order valence-corrected chi connectivity index (χ1v) is 11.1. The van der Waals surface area contributed by atoms with Gasteiger partial charge < -0.3 is 13.8 Å². The molecule has 26 heavy (non-hydrogen) atoms. The molecular weight excluding hydrogens is 414 g/mol. The van der Waals surface area contributed by atoms with E-state index < -0.39 is 9.84 Å². The van der Waals surface area contributed by atoms with Crippen LogP contribution in [0.2, 0.25) is 0 Å². The Bertz CT molecular complexity index is 916. The van der Waals surface area contributed by atoms with E-state index in [-0.39, 0.29) is 0 Å². The maximum absolute atomic E-state index is 13.2. The molecular formula is C19H22BrN3O2S. The Hall–Kier alpha value is -1.57. The number of sulfone groups is 1. The molecule has 0 aliphatic carbocycles. The molecule has 1 saturated heterocycles. The predicted molar refractivity (Wildman–Crippen MR) is 105 cm³/mol. The molecule has 0 bridgehead atoms. The van der Waals surface area contributed by atoms with Crippen molar-refractivity contribution < 1.29 is 8.42 Å². The number of aromatic nitrogens is 1. The lowest BCUT2D eigenvalue weighted by atomic mass is 9.98. The summed E-state index contributed by atoms with van der Waals surface area (Å²) in [6.45, 7) is 3.59. The molecule has 0 saturated carbocycles. The van der Waals surface area contributed by atoms with E-state index in [1.165, 1.54) is 0 Å². The Morgan fingerprint density at radius 2 is 1.88 bits per heavy atom. The van der Waals surface area contributed by atoms with Crippen LogP contribution in [0.5, 0.6) is 0 Å². The molecule has 138 valence electrons. The second-order valence-corrected chi connectivity index (χ2v) is 9.72. The molecule has 1 aromatic heterocycles. The van der Waals surface area contributed by atoms with Gasteiger partial charge in [0.25, 0.3) is 0 Å². The molecule has 1 fully saturated rings. The fraction of sp³-hybridized carbons (Fsp3) is 0.368. The topological polar surface area (TPSA) is 54.3 Å². The van der Waals surface area contributed by atoms with Crippen molar-refractivity contribution in [1.82, 2.24) is 13.8 Å². The van der Waals surface area contributed by atoms with Crippen LogP contribution in [0.25, 0.3) is 6.08 Å². The highest BCUT2D eigenvalue weighted by atomic mass is 79.9. The highest BCUT2D eigenvalue weighted by Crippen LogP contribution is 2.34. The first kappa shape index (κ1) is 17.8. The highest BCUT2D eigenvalue weighted by molar-refractivity contribution is 9.07. The second kappa shape index (κ2) is 7.21. The zero-order chi connectivity index (χ0) is 18.1. The SMILES string of the molecule is O=S(=O)(c1ccccc1)c1cn(CC2CCNCC2)c2c1C=CN(Br)C2. The van der Waals surface area contributed by atoms with Crippen LogP contribution in [0.1, 0.15) is 24.1 Å². The third-order valence-electron chi connectivity index (χ3n) is 5.16. The molecule has 5 nitrogen and oxygen atoms in total. The van der Waals surface area contributed by atoms with E-state index in [0.29, 0.717) is 22.3 Å². The standard InChI is InChI=1S/C19H22BrN3O2S/c20-23-11-8-17-18(13-23)22(12-15-6-9-21-10-7-15)14-19(17)26(24,25)16-4-2-1-3-5-16/h1-5,8,11,14-15,21H,6-7,9-10,12-13H2. The van der Waals surface area contributed by atoms with E-state index in [9.17, 15) is 8.42 Å². The van der Waals surface area contributed by atoms with Crippen molar-refractivity contribution in [1.29, 1.82) is 0 Å². The van der Waals surface area contributed by atoms with Crippen molar-refractivity contribution in [3.63, 3.8) is 0 Å². The van der Waals surface area contributed by atoms with Crippen molar-refractivity contribution in [2.75, 3.05) is 13.1 Å².